The molecule has 1 aromatic heterocycles. The van der Waals surface area contributed by atoms with E-state index in [-0.39, 0.29) is 6.10 Å². The van der Waals surface area contributed by atoms with Gasteiger partial charge in [0.2, 0.25) is 0 Å². The molecule has 1 atom stereocenters. The van der Waals surface area contributed by atoms with Crippen LogP contribution in [0.2, 0.25) is 0 Å². The van der Waals surface area contributed by atoms with Gasteiger partial charge in [0.05, 0.1) is 6.10 Å². The second kappa shape index (κ2) is 7.41. The lowest BCUT2D eigenvalue weighted by atomic mass is 10.0. The van der Waals surface area contributed by atoms with E-state index in [9.17, 15) is 5.11 Å². The molecule has 3 heteroatoms. The minimum Gasteiger partial charge on any atom is -0.393 e. The molecule has 1 unspecified atom stereocenters. The van der Waals surface area contributed by atoms with Crippen LogP contribution in [0.4, 0.5) is 0 Å². The molecule has 1 heterocycles. The molecule has 0 radical (unpaired) electrons. The van der Waals surface area contributed by atoms with Gasteiger partial charge in [0.1, 0.15) is 0 Å². The Balaban J connectivity index is 1.74. The number of aliphatic hydroxyl groups is 1. The van der Waals surface area contributed by atoms with Crippen molar-refractivity contribution in [3.8, 4) is 0 Å². The molecular weight excluding hydrogens is 302 g/mol. The summed E-state index contributed by atoms with van der Waals surface area (Å²) in [6.07, 6.45) is 6.79. The third-order valence-electron chi connectivity index (χ3n) is 3.08. The molecule has 0 spiro atoms. The van der Waals surface area contributed by atoms with Gasteiger partial charge in [0, 0.05) is 16.9 Å². The number of pyridine rings is 1. The van der Waals surface area contributed by atoms with Crippen LogP contribution >= 0.6 is 15.9 Å². The minimum atomic E-state index is -0.292. The van der Waals surface area contributed by atoms with E-state index in [0.717, 1.165) is 29.3 Å². The molecule has 0 aliphatic rings. The molecule has 100 valence electrons. The molecule has 2 nitrogen and oxygen atoms in total. The standard InChI is InChI=1S/C16H18BrNO/c17-15-9-14(11-18-12-15)10-16(19)8-4-7-13-5-2-1-3-6-13/h1-3,5-6,9,11-12,16,19H,4,7-8,10H2. The lowest BCUT2D eigenvalue weighted by molar-refractivity contribution is 0.162. The van der Waals surface area contributed by atoms with Gasteiger partial charge in [-0.25, -0.2) is 0 Å². The second-order valence-electron chi connectivity index (χ2n) is 4.75. The van der Waals surface area contributed by atoms with E-state index in [2.05, 4.69) is 45.2 Å². The van der Waals surface area contributed by atoms with E-state index >= 15 is 0 Å². The van der Waals surface area contributed by atoms with Crippen molar-refractivity contribution in [2.75, 3.05) is 0 Å². The van der Waals surface area contributed by atoms with Gasteiger partial charge in [-0.1, -0.05) is 30.3 Å². The first-order chi connectivity index (χ1) is 9.24. The summed E-state index contributed by atoms with van der Waals surface area (Å²) < 4.78 is 0.960. The normalized spacial score (nSPS) is 12.3. The molecule has 2 rings (SSSR count). The molecule has 0 saturated carbocycles. The number of nitrogens with zero attached hydrogens (tertiary/aromatic N) is 1. The highest BCUT2D eigenvalue weighted by Crippen LogP contribution is 2.14. The highest BCUT2D eigenvalue weighted by atomic mass is 79.9. The van der Waals surface area contributed by atoms with Crippen molar-refractivity contribution < 1.29 is 5.11 Å². The zero-order valence-corrected chi connectivity index (χ0v) is 12.4. The first-order valence-electron chi connectivity index (χ1n) is 6.55. The minimum absolute atomic E-state index is 0.292. The smallest absolute Gasteiger partial charge is 0.0581 e. The number of aryl methyl sites for hydroxylation is 1. The van der Waals surface area contributed by atoms with Gasteiger partial charge in [0.25, 0.3) is 0 Å². The van der Waals surface area contributed by atoms with Gasteiger partial charge in [-0.05, 0) is 58.8 Å². The van der Waals surface area contributed by atoms with Crippen LogP contribution in [0.3, 0.4) is 0 Å². The number of rotatable bonds is 6. The van der Waals surface area contributed by atoms with E-state index in [0.29, 0.717) is 6.42 Å². The molecule has 0 saturated heterocycles. The van der Waals surface area contributed by atoms with Crippen molar-refractivity contribution in [1.82, 2.24) is 4.98 Å². The van der Waals surface area contributed by atoms with Crippen molar-refractivity contribution in [3.05, 3.63) is 64.4 Å². The fourth-order valence-corrected chi connectivity index (χ4v) is 2.54. The SMILES string of the molecule is OC(CCCc1ccccc1)Cc1cncc(Br)c1. The van der Waals surface area contributed by atoms with Gasteiger partial charge in [-0.15, -0.1) is 0 Å². The highest BCUT2D eigenvalue weighted by Gasteiger charge is 2.06. The number of halogens is 1. The van der Waals surface area contributed by atoms with E-state index in [1.165, 1.54) is 5.56 Å². The summed E-state index contributed by atoms with van der Waals surface area (Å²) in [6, 6.07) is 12.4. The Labute approximate surface area is 122 Å². The maximum atomic E-state index is 10.0. The van der Waals surface area contributed by atoms with Crippen LogP contribution in [0.5, 0.6) is 0 Å². The van der Waals surface area contributed by atoms with Crippen LogP contribution in [-0.2, 0) is 12.8 Å². The molecule has 0 aliphatic carbocycles. The Morgan fingerprint density at radius 2 is 1.89 bits per heavy atom. The quantitative estimate of drug-likeness (QED) is 0.879. The highest BCUT2D eigenvalue weighted by molar-refractivity contribution is 9.10. The summed E-state index contributed by atoms with van der Waals surface area (Å²) >= 11 is 3.39. The van der Waals surface area contributed by atoms with Crippen molar-refractivity contribution in [1.29, 1.82) is 0 Å². The Morgan fingerprint density at radius 3 is 2.63 bits per heavy atom. The van der Waals surface area contributed by atoms with Crippen LogP contribution in [0.1, 0.15) is 24.0 Å². The third kappa shape index (κ3) is 5.13. The molecule has 1 aromatic carbocycles. The van der Waals surface area contributed by atoms with Crippen molar-refractivity contribution in [2.24, 2.45) is 0 Å². The first-order valence-corrected chi connectivity index (χ1v) is 7.35. The first kappa shape index (κ1) is 14.2. The fourth-order valence-electron chi connectivity index (χ4n) is 2.13. The molecule has 0 aliphatic heterocycles. The van der Waals surface area contributed by atoms with Gasteiger partial charge in [-0.3, -0.25) is 4.98 Å². The van der Waals surface area contributed by atoms with E-state index in [1.807, 2.05) is 18.3 Å². The summed E-state index contributed by atoms with van der Waals surface area (Å²) in [5.41, 5.74) is 2.40. The van der Waals surface area contributed by atoms with Crippen LogP contribution < -0.4 is 0 Å². The Hall–Kier alpha value is -1.19. The summed E-state index contributed by atoms with van der Waals surface area (Å²) in [5.74, 6) is 0. The number of aliphatic hydroxyl groups excluding tert-OH is 1. The average molecular weight is 320 g/mol. The molecule has 19 heavy (non-hydrogen) atoms. The number of aromatic nitrogens is 1. The van der Waals surface area contributed by atoms with Crippen molar-refractivity contribution >= 4 is 15.9 Å². The van der Waals surface area contributed by atoms with Crippen LogP contribution in [0, 0.1) is 0 Å². The summed E-state index contributed by atoms with van der Waals surface area (Å²) in [7, 11) is 0. The number of benzene rings is 1. The Kier molecular flexibility index (Phi) is 5.55. The van der Waals surface area contributed by atoms with Gasteiger partial charge in [-0.2, -0.15) is 0 Å². The van der Waals surface area contributed by atoms with E-state index in [4.69, 9.17) is 0 Å². The summed E-state index contributed by atoms with van der Waals surface area (Å²) in [5, 5.41) is 10.0. The number of hydrogen-bond donors (Lipinski definition) is 1. The van der Waals surface area contributed by atoms with Crippen LogP contribution in [0.25, 0.3) is 0 Å². The molecular formula is C16H18BrNO. The number of hydrogen-bond acceptors (Lipinski definition) is 2. The van der Waals surface area contributed by atoms with Crippen molar-refractivity contribution in [3.63, 3.8) is 0 Å². The summed E-state index contributed by atoms with van der Waals surface area (Å²) in [6.45, 7) is 0. The summed E-state index contributed by atoms with van der Waals surface area (Å²) in [4.78, 5) is 4.11. The van der Waals surface area contributed by atoms with E-state index < -0.39 is 0 Å². The van der Waals surface area contributed by atoms with Gasteiger partial charge in [0.15, 0.2) is 0 Å². The lowest BCUT2D eigenvalue weighted by Crippen LogP contribution is -2.11. The maximum Gasteiger partial charge on any atom is 0.0581 e. The second-order valence-corrected chi connectivity index (χ2v) is 5.66. The average Bonchev–Trinajstić information content (AvgIpc) is 2.40. The molecule has 2 aromatic rings. The maximum absolute atomic E-state index is 10.0. The topological polar surface area (TPSA) is 33.1 Å². The zero-order chi connectivity index (χ0) is 13.5. The van der Waals surface area contributed by atoms with Crippen molar-refractivity contribution in [2.45, 2.75) is 31.8 Å². The van der Waals surface area contributed by atoms with Crippen LogP contribution in [-0.4, -0.2) is 16.2 Å². The molecule has 1 N–H and O–H groups in total. The molecule has 0 amide bonds. The van der Waals surface area contributed by atoms with Crippen LogP contribution in [0.15, 0.2) is 53.3 Å². The predicted octanol–water partition coefficient (Wildman–Crippen LogP) is 3.77. The molecule has 0 fully saturated rings. The zero-order valence-electron chi connectivity index (χ0n) is 10.8. The Bertz CT molecular complexity index is 501. The molecule has 0 bridgehead atoms. The van der Waals surface area contributed by atoms with Gasteiger partial charge < -0.3 is 5.11 Å². The van der Waals surface area contributed by atoms with Gasteiger partial charge >= 0.3 is 0 Å². The monoisotopic (exact) mass is 319 g/mol. The van der Waals surface area contributed by atoms with E-state index in [1.54, 1.807) is 6.20 Å². The Morgan fingerprint density at radius 1 is 1.11 bits per heavy atom. The fraction of sp³-hybridized carbons (Fsp3) is 0.312. The third-order valence-corrected chi connectivity index (χ3v) is 3.51. The predicted molar refractivity (Wildman–Crippen MR) is 81.0 cm³/mol. The largest absolute Gasteiger partial charge is 0.393 e. The lowest BCUT2D eigenvalue weighted by Gasteiger charge is -2.10.